The third-order valence-corrected chi connectivity index (χ3v) is 7.82. The largest absolute Gasteiger partial charge is 0.355 e. The Morgan fingerprint density at radius 1 is 0.857 bits per heavy atom. The average molecular weight is 406 g/mol. The molecule has 0 radical (unpaired) electrons. The van der Waals surface area contributed by atoms with Gasteiger partial charge in [-0.3, -0.25) is 4.68 Å². The first-order chi connectivity index (χ1) is 13.4. The van der Waals surface area contributed by atoms with Crippen LogP contribution in [0.5, 0.6) is 0 Å². The minimum Gasteiger partial charge on any atom is -0.355 e. The Morgan fingerprint density at radius 3 is 1.86 bits per heavy atom. The molecule has 28 heavy (non-hydrogen) atoms. The highest BCUT2D eigenvalue weighted by Crippen LogP contribution is 2.25. The number of aryl methyl sites for hydroxylation is 2. The lowest BCUT2D eigenvalue weighted by molar-refractivity contribution is 0.383. The number of sulfonamides is 1. The molecule has 0 bridgehead atoms. The van der Waals surface area contributed by atoms with E-state index in [2.05, 4.69) is 25.1 Å². The van der Waals surface area contributed by atoms with Crippen LogP contribution in [0, 0.1) is 13.8 Å². The third kappa shape index (κ3) is 3.35. The molecule has 0 spiro atoms. The molecule has 2 fully saturated rings. The van der Waals surface area contributed by atoms with Gasteiger partial charge in [0.15, 0.2) is 11.6 Å². The zero-order chi connectivity index (χ0) is 19.9. The SMILES string of the molecule is Cc1nn(C)c(C)c1S(=O)(=O)N1CCN(c2ccc(N3CCCC3)nn2)CC1. The normalized spacial score (nSPS) is 18.8. The molecule has 0 unspecified atom stereocenters. The molecule has 152 valence electrons. The Kier molecular flexibility index (Phi) is 5.00. The van der Waals surface area contributed by atoms with Gasteiger partial charge in [-0.15, -0.1) is 10.2 Å². The van der Waals surface area contributed by atoms with Gasteiger partial charge >= 0.3 is 0 Å². The van der Waals surface area contributed by atoms with E-state index in [1.54, 1.807) is 29.9 Å². The minimum absolute atomic E-state index is 0.332. The summed E-state index contributed by atoms with van der Waals surface area (Å²) in [6.07, 6.45) is 2.41. The number of anilines is 2. The van der Waals surface area contributed by atoms with E-state index in [0.29, 0.717) is 42.5 Å². The fourth-order valence-electron chi connectivity index (χ4n) is 4.02. The highest BCUT2D eigenvalue weighted by Gasteiger charge is 2.33. The maximum atomic E-state index is 13.1. The Morgan fingerprint density at radius 2 is 1.39 bits per heavy atom. The number of piperazine rings is 1. The van der Waals surface area contributed by atoms with E-state index in [9.17, 15) is 8.42 Å². The van der Waals surface area contributed by atoms with Crippen LogP contribution in [0.15, 0.2) is 17.0 Å². The van der Waals surface area contributed by atoms with Gasteiger partial charge in [0, 0.05) is 46.3 Å². The lowest BCUT2D eigenvalue weighted by atomic mass is 10.3. The van der Waals surface area contributed by atoms with Crippen molar-refractivity contribution in [1.29, 1.82) is 0 Å². The van der Waals surface area contributed by atoms with Crippen molar-refractivity contribution in [2.24, 2.45) is 7.05 Å². The molecule has 0 saturated carbocycles. The van der Waals surface area contributed by atoms with Gasteiger partial charge in [0.25, 0.3) is 0 Å². The van der Waals surface area contributed by atoms with Crippen LogP contribution in [0.4, 0.5) is 11.6 Å². The first-order valence-electron chi connectivity index (χ1n) is 9.72. The molecule has 10 heteroatoms. The van der Waals surface area contributed by atoms with Crippen molar-refractivity contribution >= 4 is 21.7 Å². The standard InChI is InChI=1S/C18H27N7O2S/c1-14-18(15(2)22(3)21-14)28(26,27)25-12-10-24(11-13-25)17-7-6-16(19-20-17)23-8-4-5-9-23/h6-7H,4-5,8-13H2,1-3H3. The summed E-state index contributed by atoms with van der Waals surface area (Å²) in [7, 11) is -1.78. The van der Waals surface area contributed by atoms with Crippen LogP contribution in [0.2, 0.25) is 0 Å². The zero-order valence-corrected chi connectivity index (χ0v) is 17.5. The second kappa shape index (κ2) is 7.32. The van der Waals surface area contributed by atoms with Gasteiger partial charge in [-0.2, -0.15) is 9.40 Å². The molecule has 4 heterocycles. The lowest BCUT2D eigenvalue weighted by Crippen LogP contribution is -2.49. The van der Waals surface area contributed by atoms with Gasteiger partial charge in [-0.25, -0.2) is 8.42 Å². The summed E-state index contributed by atoms with van der Waals surface area (Å²) in [6.45, 7) is 7.64. The topological polar surface area (TPSA) is 87.5 Å². The van der Waals surface area contributed by atoms with Crippen molar-refractivity contribution in [1.82, 2.24) is 24.3 Å². The number of nitrogens with zero attached hydrogens (tertiary/aromatic N) is 7. The van der Waals surface area contributed by atoms with Gasteiger partial charge in [-0.05, 0) is 38.8 Å². The Labute approximate surface area is 166 Å². The quantitative estimate of drug-likeness (QED) is 0.748. The molecule has 0 N–H and O–H groups in total. The van der Waals surface area contributed by atoms with Gasteiger partial charge < -0.3 is 9.80 Å². The number of rotatable bonds is 4. The molecule has 2 aromatic heterocycles. The molecule has 2 aromatic rings. The van der Waals surface area contributed by atoms with E-state index in [1.807, 2.05) is 12.1 Å². The molecule has 0 amide bonds. The van der Waals surface area contributed by atoms with E-state index in [4.69, 9.17) is 0 Å². The second-order valence-electron chi connectivity index (χ2n) is 7.46. The highest BCUT2D eigenvalue weighted by molar-refractivity contribution is 7.89. The highest BCUT2D eigenvalue weighted by atomic mass is 32.2. The molecule has 4 rings (SSSR count). The van der Waals surface area contributed by atoms with Crippen molar-refractivity contribution < 1.29 is 8.42 Å². The van der Waals surface area contributed by atoms with Crippen LogP contribution in [0.25, 0.3) is 0 Å². The van der Waals surface area contributed by atoms with Crippen molar-refractivity contribution in [2.45, 2.75) is 31.6 Å². The number of hydrogen-bond acceptors (Lipinski definition) is 7. The van der Waals surface area contributed by atoms with Crippen molar-refractivity contribution in [3.05, 3.63) is 23.5 Å². The van der Waals surface area contributed by atoms with Crippen LogP contribution in [-0.4, -0.2) is 72.0 Å². The smallest absolute Gasteiger partial charge is 0.246 e. The third-order valence-electron chi connectivity index (χ3n) is 5.67. The fraction of sp³-hybridized carbons (Fsp3) is 0.611. The zero-order valence-electron chi connectivity index (χ0n) is 16.7. The summed E-state index contributed by atoms with van der Waals surface area (Å²) in [5.74, 6) is 1.72. The van der Waals surface area contributed by atoms with Gasteiger partial charge in [0.1, 0.15) is 4.90 Å². The van der Waals surface area contributed by atoms with Crippen LogP contribution < -0.4 is 9.80 Å². The van der Waals surface area contributed by atoms with Gasteiger partial charge in [-0.1, -0.05) is 0 Å². The van der Waals surface area contributed by atoms with Crippen LogP contribution in [-0.2, 0) is 17.1 Å². The predicted molar refractivity (Wildman–Crippen MR) is 107 cm³/mol. The summed E-state index contributed by atoms with van der Waals surface area (Å²) in [6, 6.07) is 4.00. The molecule has 9 nitrogen and oxygen atoms in total. The average Bonchev–Trinajstić information content (AvgIpc) is 3.31. The molecule has 0 aliphatic carbocycles. The van der Waals surface area contributed by atoms with E-state index in [1.165, 1.54) is 12.8 Å². The number of hydrogen-bond donors (Lipinski definition) is 0. The van der Waals surface area contributed by atoms with E-state index in [0.717, 1.165) is 24.7 Å². The summed E-state index contributed by atoms with van der Waals surface area (Å²) in [5.41, 5.74) is 1.22. The van der Waals surface area contributed by atoms with E-state index in [-0.39, 0.29) is 0 Å². The number of aromatic nitrogens is 4. The van der Waals surface area contributed by atoms with Crippen molar-refractivity contribution in [3.63, 3.8) is 0 Å². The van der Waals surface area contributed by atoms with Crippen LogP contribution in [0.1, 0.15) is 24.2 Å². The molecule has 0 atom stereocenters. The first-order valence-corrected chi connectivity index (χ1v) is 11.2. The fourth-order valence-corrected chi connectivity index (χ4v) is 5.84. The Hall–Kier alpha value is -2.20. The van der Waals surface area contributed by atoms with Crippen LogP contribution >= 0.6 is 0 Å². The predicted octanol–water partition coefficient (Wildman–Crippen LogP) is 0.938. The summed E-state index contributed by atoms with van der Waals surface area (Å²) in [5, 5.41) is 13.0. The second-order valence-corrected chi connectivity index (χ2v) is 9.33. The maximum Gasteiger partial charge on any atom is 0.246 e. The van der Waals surface area contributed by atoms with Gasteiger partial charge in [0.05, 0.1) is 11.4 Å². The summed E-state index contributed by atoms with van der Waals surface area (Å²) >= 11 is 0. The first kappa shape index (κ1) is 19.1. The molecular formula is C18H27N7O2S. The molecule has 2 saturated heterocycles. The molecule has 2 aliphatic rings. The molecule has 0 aromatic carbocycles. The summed E-state index contributed by atoms with van der Waals surface area (Å²) in [4.78, 5) is 4.67. The van der Waals surface area contributed by atoms with E-state index >= 15 is 0 Å². The molecule has 2 aliphatic heterocycles. The Bertz CT molecular complexity index is 941. The maximum absolute atomic E-state index is 13.1. The van der Waals surface area contributed by atoms with Gasteiger partial charge in [0.2, 0.25) is 10.0 Å². The summed E-state index contributed by atoms with van der Waals surface area (Å²) < 4.78 is 29.4. The monoisotopic (exact) mass is 405 g/mol. The molecular weight excluding hydrogens is 378 g/mol. The van der Waals surface area contributed by atoms with E-state index < -0.39 is 10.0 Å². The Balaban J connectivity index is 1.44. The lowest BCUT2D eigenvalue weighted by Gasteiger charge is -2.34. The minimum atomic E-state index is -3.55. The van der Waals surface area contributed by atoms with Crippen molar-refractivity contribution in [3.8, 4) is 0 Å². The van der Waals surface area contributed by atoms with Crippen molar-refractivity contribution in [2.75, 3.05) is 49.1 Å². The van der Waals surface area contributed by atoms with Crippen LogP contribution in [0.3, 0.4) is 0 Å².